The molecule has 0 aromatic carbocycles. The van der Waals surface area contributed by atoms with Gasteiger partial charge in [0.05, 0.1) is 69.2 Å². The van der Waals surface area contributed by atoms with Gasteiger partial charge in [0.2, 0.25) is 6.29 Å². The lowest BCUT2D eigenvalue weighted by Crippen LogP contribution is -2.70. The second-order valence-electron chi connectivity index (χ2n) is 31.8. The summed E-state index contributed by atoms with van der Waals surface area (Å²) in [5, 5.41) is 180. The number of ether oxygens (including phenoxy) is 13. The summed E-state index contributed by atoms with van der Waals surface area (Å²) < 4.78 is 79.0. The third-order valence-corrected chi connectivity index (χ3v) is 25.2. The van der Waals surface area contributed by atoms with Crippen LogP contribution in [0.15, 0.2) is 11.6 Å². The maximum absolute atomic E-state index is 16.1. The zero-order valence-corrected chi connectivity index (χ0v) is 56.8. The van der Waals surface area contributed by atoms with Crippen LogP contribution in [0.3, 0.4) is 0 Å². The Kier molecular flexibility index (Phi) is 21.5. The monoisotopic (exact) mass is 1390 g/mol. The number of hydrogen-bond donors (Lipinski definition) is 16. The van der Waals surface area contributed by atoms with Crippen molar-refractivity contribution in [1.29, 1.82) is 0 Å². The van der Waals surface area contributed by atoms with E-state index in [9.17, 15) is 86.5 Å². The van der Waals surface area contributed by atoms with Crippen LogP contribution in [-0.2, 0) is 71.2 Å². The van der Waals surface area contributed by atoms with Gasteiger partial charge in [-0.3, -0.25) is 9.59 Å². The number of carbonyl (C=O) groups excluding carboxylic acids is 2. The molecule has 5 aliphatic carbocycles. The first-order valence-electron chi connectivity index (χ1n) is 34.3. The van der Waals surface area contributed by atoms with E-state index in [2.05, 4.69) is 40.7 Å². The van der Waals surface area contributed by atoms with E-state index in [0.717, 1.165) is 12.5 Å². The highest BCUT2D eigenvalue weighted by Crippen LogP contribution is 2.76. The fourth-order valence-electron chi connectivity index (χ4n) is 19.3. The number of fused-ring (bicyclic) bond motifs is 7. The van der Waals surface area contributed by atoms with Crippen molar-refractivity contribution < 1.29 is 153 Å². The molecular weight excluding hydrogens is 1290 g/mol. The molecule has 0 amide bonds. The predicted molar refractivity (Wildman–Crippen MR) is 324 cm³/mol. The van der Waals surface area contributed by atoms with Crippen LogP contribution in [0.25, 0.3) is 0 Å². The van der Waals surface area contributed by atoms with Gasteiger partial charge in [0.15, 0.2) is 43.7 Å². The zero-order valence-electron chi connectivity index (χ0n) is 56.8. The molecule has 4 saturated carbocycles. The first-order chi connectivity index (χ1) is 45.3. The van der Waals surface area contributed by atoms with Gasteiger partial charge in [-0.25, -0.2) is 0 Å². The van der Waals surface area contributed by atoms with Gasteiger partial charge < -0.3 is 143 Å². The molecule has 0 aromatic rings. The molecule has 0 bridgehead atoms. The topological polar surface area (TPSA) is 478 Å². The number of esters is 2. The molecular formula is C66H106O31. The summed E-state index contributed by atoms with van der Waals surface area (Å²) in [5.41, 5.74) is -6.63. The smallest absolute Gasteiger partial charge is 0.317 e. The van der Waals surface area contributed by atoms with Gasteiger partial charge in [-0.05, 0) is 118 Å². The third kappa shape index (κ3) is 12.7. The predicted octanol–water partition coefficient (Wildman–Crippen LogP) is -3.51. The van der Waals surface area contributed by atoms with Crippen LogP contribution < -0.4 is 0 Å². The Hall–Kier alpha value is -2.40. The second-order valence-corrected chi connectivity index (χ2v) is 31.8. The molecule has 6 aliphatic heterocycles. The summed E-state index contributed by atoms with van der Waals surface area (Å²) in [4.78, 5) is 29.2. The summed E-state index contributed by atoms with van der Waals surface area (Å²) in [6, 6.07) is 0. The number of aliphatic hydroxyl groups is 16. The Morgan fingerprint density at radius 1 is 0.526 bits per heavy atom. The minimum absolute atomic E-state index is 0.0605. The van der Waals surface area contributed by atoms with Gasteiger partial charge in [-0.15, -0.1) is 0 Å². The average Bonchev–Trinajstić information content (AvgIpc) is 0.885. The van der Waals surface area contributed by atoms with Crippen molar-refractivity contribution in [3.8, 4) is 0 Å². The van der Waals surface area contributed by atoms with E-state index >= 15 is 4.79 Å². The standard InChI is InChI=1S/C66H106O31/c1-25-37(73)39(75)42(78)54(87-25)93-48-33(71)21-85-53(45(48)81)92-46-27(3)89-55(44(80)41(46)77)95-50-49(94-58-51(82)65(84,23-68)24-86-58)47(91-29(5)69)28(4)90-57(50)97-59(83)66-17-16-60(6,7)18-31(66)30-12-13-35-61(8)19-32(70)52(96-56-43(79)40(76)38(74)26(2)88-56)62(9,22-67)34(61)14-15-63(35,10)64(30,11)20-36(66)72/h12,25-28,31-58,67-68,70-82,84H,13-24H2,1-11H3/t25-,26-,27-,28+,31-,32-,33+,34+,35+,36+,37-,38-,39+,40+,41-,42+,43+,44+,45+,46-,47-,48-,49-,50+,51-,52-,53-,54-,55-,56-,57-,58-,61-,62-,63+,64+,65+,66+/m0/s1. The normalized spacial score (nSPS) is 55.3. The maximum atomic E-state index is 16.1. The second kappa shape index (κ2) is 27.6. The maximum Gasteiger partial charge on any atom is 0.317 e. The quantitative estimate of drug-likeness (QED) is 0.0429. The minimum Gasteiger partial charge on any atom is -0.457 e. The van der Waals surface area contributed by atoms with Crippen molar-refractivity contribution >= 4 is 11.9 Å². The molecule has 10 fully saturated rings. The van der Waals surface area contributed by atoms with Crippen LogP contribution in [0.2, 0.25) is 0 Å². The molecule has 38 atom stereocenters. The molecule has 31 heteroatoms. The van der Waals surface area contributed by atoms with Gasteiger partial charge in [-0.1, -0.05) is 53.2 Å². The molecule has 0 spiro atoms. The zero-order chi connectivity index (χ0) is 71.1. The lowest BCUT2D eigenvalue weighted by molar-refractivity contribution is -0.386. The molecule has 31 nitrogen and oxygen atoms in total. The largest absolute Gasteiger partial charge is 0.457 e. The van der Waals surface area contributed by atoms with Crippen LogP contribution >= 0.6 is 0 Å². The van der Waals surface area contributed by atoms with Crippen molar-refractivity contribution in [2.45, 2.75) is 311 Å². The van der Waals surface area contributed by atoms with Gasteiger partial charge in [0.25, 0.3) is 0 Å². The third-order valence-electron chi connectivity index (χ3n) is 25.2. The van der Waals surface area contributed by atoms with E-state index in [1.165, 1.54) is 27.7 Å². The fourth-order valence-corrected chi connectivity index (χ4v) is 19.3. The SMILES string of the molecule is CC(=O)O[C@@H]1[C@H](O[C@@H]2OC[C@](O)(CO)[C@H]2O)[C@@H](O[C@@H]2O[C@@H](C)[C@H](O[C@@H]3OC[C@@H](O)[C@H](O[C@@H]4O[C@@H](C)[C@H](O)[C@@H](O)[C@H]4O)[C@H]3O)[C@@H](O)[C@H]2O)[C@H](OC(=O)[C@]23CCC(C)(C)C[C@H]2C2=CC[C@@H]4[C@@]5(C)C[C@H](O)[C@H](O[C@@H]6O[C@@H](C)[C@H](O)[C@@H](O)[C@H]6O)[C@@](C)(CO)[C@@H]5CC[C@@]4(C)[C@]2(C)C[C@H]3O)O[C@@H]1C. The molecule has 6 heterocycles. The Morgan fingerprint density at radius 2 is 1.08 bits per heavy atom. The van der Waals surface area contributed by atoms with E-state index in [0.29, 0.717) is 32.1 Å². The van der Waals surface area contributed by atoms with Crippen molar-refractivity contribution in [2.24, 2.45) is 50.2 Å². The van der Waals surface area contributed by atoms with E-state index < -0.39 is 261 Å². The molecule has 0 aromatic heterocycles. The van der Waals surface area contributed by atoms with Crippen LogP contribution in [0.4, 0.5) is 0 Å². The lowest BCUT2D eigenvalue weighted by Gasteiger charge is -2.72. The summed E-state index contributed by atoms with van der Waals surface area (Å²) in [5.74, 6) is -2.93. The number of carbonyl (C=O) groups is 2. The Balaban J connectivity index is 0.885. The average molecular weight is 1400 g/mol. The van der Waals surface area contributed by atoms with Crippen molar-refractivity contribution in [1.82, 2.24) is 0 Å². The molecule has 556 valence electrons. The summed E-state index contributed by atoms with van der Waals surface area (Å²) in [6.45, 7) is 16.8. The van der Waals surface area contributed by atoms with E-state index in [-0.39, 0.29) is 31.1 Å². The van der Waals surface area contributed by atoms with Gasteiger partial charge in [0.1, 0.15) is 96.5 Å². The summed E-state index contributed by atoms with van der Waals surface area (Å²) >= 11 is 0. The van der Waals surface area contributed by atoms with Gasteiger partial charge in [-0.2, -0.15) is 0 Å². The minimum atomic E-state index is -2.26. The summed E-state index contributed by atoms with van der Waals surface area (Å²) in [6.07, 6.45) is -41.4. The van der Waals surface area contributed by atoms with E-state index in [4.69, 9.17) is 61.6 Å². The Bertz CT molecular complexity index is 2820. The molecule has 16 N–H and O–H groups in total. The van der Waals surface area contributed by atoms with Crippen molar-refractivity contribution in [3.05, 3.63) is 11.6 Å². The summed E-state index contributed by atoms with van der Waals surface area (Å²) in [7, 11) is 0. The Morgan fingerprint density at radius 3 is 1.68 bits per heavy atom. The fraction of sp³-hybridized carbons (Fsp3) is 0.939. The number of hydrogen-bond acceptors (Lipinski definition) is 31. The van der Waals surface area contributed by atoms with Gasteiger partial charge >= 0.3 is 11.9 Å². The highest BCUT2D eigenvalue weighted by atomic mass is 16.8. The molecule has 11 aliphatic rings. The van der Waals surface area contributed by atoms with Crippen LogP contribution in [0.5, 0.6) is 0 Å². The molecule has 6 saturated heterocycles. The van der Waals surface area contributed by atoms with Crippen LogP contribution in [-0.4, -0.2) is 304 Å². The molecule has 97 heavy (non-hydrogen) atoms. The Labute approximate surface area is 562 Å². The first-order valence-corrected chi connectivity index (χ1v) is 34.3. The van der Waals surface area contributed by atoms with Crippen LogP contribution in [0, 0.1) is 50.2 Å². The number of allylic oxidation sites excluding steroid dienone is 2. The van der Waals surface area contributed by atoms with E-state index in [1.807, 2.05) is 6.92 Å². The number of aliphatic hydroxyl groups excluding tert-OH is 15. The molecule has 0 radical (unpaired) electrons. The molecule has 0 unspecified atom stereocenters. The highest BCUT2D eigenvalue weighted by Gasteiger charge is 2.74. The van der Waals surface area contributed by atoms with Crippen molar-refractivity contribution in [2.75, 3.05) is 26.4 Å². The highest BCUT2D eigenvalue weighted by molar-refractivity contribution is 5.80. The van der Waals surface area contributed by atoms with Gasteiger partial charge in [0, 0.05) is 12.3 Å². The molecule has 11 rings (SSSR count). The number of rotatable bonds is 15. The van der Waals surface area contributed by atoms with E-state index in [1.54, 1.807) is 0 Å². The lowest BCUT2D eigenvalue weighted by atomic mass is 9.33. The van der Waals surface area contributed by atoms with Crippen LogP contribution in [0.1, 0.15) is 128 Å². The first kappa shape index (κ1) is 75.7. The van der Waals surface area contributed by atoms with Crippen molar-refractivity contribution in [3.63, 3.8) is 0 Å².